The van der Waals surface area contributed by atoms with E-state index in [4.69, 9.17) is 10.8 Å². The highest BCUT2D eigenvalue weighted by Gasteiger charge is 1.95. The number of hydrogen-bond donors (Lipinski definition) is 2. The van der Waals surface area contributed by atoms with Crippen molar-refractivity contribution in [2.75, 3.05) is 18.1 Å². The highest BCUT2D eigenvalue weighted by molar-refractivity contribution is 7.99. The van der Waals surface area contributed by atoms with E-state index in [1.165, 1.54) is 0 Å². The Morgan fingerprint density at radius 3 is 2.77 bits per heavy atom. The second-order valence-electron chi connectivity index (χ2n) is 2.63. The maximum atomic E-state index is 10.1. The van der Waals surface area contributed by atoms with Gasteiger partial charge in [0.1, 0.15) is 0 Å². The zero-order valence-corrected chi connectivity index (χ0v) is 8.64. The molecule has 0 aromatic rings. The molecule has 4 nitrogen and oxygen atoms in total. The Kier molecular flexibility index (Phi) is 7.48. The van der Waals surface area contributed by atoms with Gasteiger partial charge in [-0.2, -0.15) is 11.8 Å². The lowest BCUT2D eigenvalue weighted by Gasteiger charge is -1.97. The number of carboxylic acid groups (broad SMARTS) is 1. The molecule has 0 aliphatic rings. The van der Waals surface area contributed by atoms with Gasteiger partial charge in [0.2, 0.25) is 0 Å². The number of carboxylic acids is 1. The van der Waals surface area contributed by atoms with Gasteiger partial charge in [-0.05, 0) is 19.1 Å². The lowest BCUT2D eigenvalue weighted by atomic mass is 10.3. The van der Waals surface area contributed by atoms with Crippen LogP contribution in [0.1, 0.15) is 19.8 Å². The first-order valence-electron chi connectivity index (χ1n) is 4.19. The van der Waals surface area contributed by atoms with E-state index in [9.17, 15) is 4.79 Å². The molecule has 0 aromatic heterocycles. The number of rotatable bonds is 7. The highest BCUT2D eigenvalue weighted by atomic mass is 32.2. The number of nitrogens with two attached hydrogens (primary N) is 1. The summed E-state index contributed by atoms with van der Waals surface area (Å²) in [6.45, 7) is 2.48. The Morgan fingerprint density at radius 2 is 2.23 bits per heavy atom. The van der Waals surface area contributed by atoms with Gasteiger partial charge in [-0.25, -0.2) is 0 Å². The van der Waals surface area contributed by atoms with Gasteiger partial charge >= 0.3 is 5.97 Å². The fourth-order valence-corrected chi connectivity index (χ4v) is 1.49. The van der Waals surface area contributed by atoms with Crippen LogP contribution >= 0.6 is 11.8 Å². The quantitative estimate of drug-likeness (QED) is 0.368. The third kappa shape index (κ3) is 11.3. The van der Waals surface area contributed by atoms with Gasteiger partial charge in [0.15, 0.2) is 0 Å². The largest absolute Gasteiger partial charge is 0.481 e. The number of hydrogen-bond acceptors (Lipinski definition) is 3. The standard InChI is InChI=1S/C8H16N2O2S/c1-7(9)10-4-6-13-5-2-3-8(11)12/h2-6H2,1H3,(H2,9,10)(H,11,12). The summed E-state index contributed by atoms with van der Waals surface area (Å²) in [7, 11) is 0. The monoisotopic (exact) mass is 204 g/mol. The van der Waals surface area contributed by atoms with Crippen molar-refractivity contribution in [3.8, 4) is 0 Å². The molecule has 3 N–H and O–H groups in total. The predicted molar refractivity (Wildman–Crippen MR) is 56.4 cm³/mol. The second kappa shape index (κ2) is 7.91. The van der Waals surface area contributed by atoms with Crippen LogP contribution in [-0.2, 0) is 4.79 Å². The molecule has 0 radical (unpaired) electrons. The first-order valence-corrected chi connectivity index (χ1v) is 5.34. The summed E-state index contributed by atoms with van der Waals surface area (Å²) in [5.41, 5.74) is 5.34. The Hall–Kier alpha value is -0.710. The zero-order chi connectivity index (χ0) is 10.1. The van der Waals surface area contributed by atoms with Crippen molar-refractivity contribution in [2.45, 2.75) is 19.8 Å². The van der Waals surface area contributed by atoms with Crippen LogP contribution in [0.3, 0.4) is 0 Å². The van der Waals surface area contributed by atoms with Crippen molar-refractivity contribution in [3.05, 3.63) is 0 Å². The van der Waals surface area contributed by atoms with Gasteiger partial charge in [-0.1, -0.05) is 0 Å². The van der Waals surface area contributed by atoms with Crippen molar-refractivity contribution in [1.82, 2.24) is 0 Å². The third-order valence-electron chi connectivity index (χ3n) is 1.28. The van der Waals surface area contributed by atoms with Crippen molar-refractivity contribution in [1.29, 1.82) is 0 Å². The fraction of sp³-hybridized carbons (Fsp3) is 0.750. The molecule has 5 heteroatoms. The molecule has 13 heavy (non-hydrogen) atoms. The molecule has 0 saturated heterocycles. The van der Waals surface area contributed by atoms with Gasteiger partial charge in [0.05, 0.1) is 5.84 Å². The number of carbonyl (C=O) groups is 1. The van der Waals surface area contributed by atoms with Gasteiger partial charge in [0.25, 0.3) is 0 Å². The van der Waals surface area contributed by atoms with Gasteiger partial charge in [-0.3, -0.25) is 9.79 Å². The summed E-state index contributed by atoms with van der Waals surface area (Å²) in [6, 6.07) is 0. The van der Waals surface area contributed by atoms with Crippen LogP contribution in [0.2, 0.25) is 0 Å². The Bertz CT molecular complexity index is 179. The molecule has 0 heterocycles. The molecular formula is C8H16N2O2S. The van der Waals surface area contributed by atoms with Crippen LogP contribution in [0.25, 0.3) is 0 Å². The number of amidine groups is 1. The fourth-order valence-electron chi connectivity index (χ4n) is 0.714. The Labute approximate surface area is 82.6 Å². The van der Waals surface area contributed by atoms with E-state index in [0.717, 1.165) is 24.5 Å². The van der Waals surface area contributed by atoms with Crippen LogP contribution < -0.4 is 5.73 Å². The molecule has 0 fully saturated rings. The molecule has 0 bridgehead atoms. The summed E-state index contributed by atoms with van der Waals surface area (Å²) in [5, 5.41) is 8.34. The van der Waals surface area contributed by atoms with E-state index >= 15 is 0 Å². The molecule has 76 valence electrons. The smallest absolute Gasteiger partial charge is 0.303 e. The minimum Gasteiger partial charge on any atom is -0.481 e. The van der Waals surface area contributed by atoms with Crippen molar-refractivity contribution in [3.63, 3.8) is 0 Å². The lowest BCUT2D eigenvalue weighted by molar-refractivity contribution is -0.137. The van der Waals surface area contributed by atoms with E-state index in [0.29, 0.717) is 5.84 Å². The summed E-state index contributed by atoms with van der Waals surface area (Å²) in [5.74, 6) is 1.67. The first-order chi connectivity index (χ1) is 6.13. The third-order valence-corrected chi connectivity index (χ3v) is 2.32. The molecule has 0 aliphatic heterocycles. The average molecular weight is 204 g/mol. The van der Waals surface area contributed by atoms with Crippen LogP contribution in [0.4, 0.5) is 0 Å². The van der Waals surface area contributed by atoms with E-state index in [1.807, 2.05) is 0 Å². The molecule has 0 saturated carbocycles. The maximum absolute atomic E-state index is 10.1. The van der Waals surface area contributed by atoms with Crippen LogP contribution in [0, 0.1) is 0 Å². The highest BCUT2D eigenvalue weighted by Crippen LogP contribution is 2.03. The predicted octanol–water partition coefficient (Wildman–Crippen LogP) is 0.961. The summed E-state index contributed by atoms with van der Waals surface area (Å²) in [4.78, 5) is 14.1. The maximum Gasteiger partial charge on any atom is 0.303 e. The molecule has 0 aromatic carbocycles. The van der Waals surface area contributed by atoms with E-state index in [2.05, 4.69) is 4.99 Å². The molecule has 0 amide bonds. The molecule has 0 spiro atoms. The number of aliphatic imine (C=N–C) groups is 1. The van der Waals surface area contributed by atoms with Crippen LogP contribution in [0.5, 0.6) is 0 Å². The van der Waals surface area contributed by atoms with Crippen molar-refractivity contribution in [2.24, 2.45) is 10.7 Å². The molecule has 0 aliphatic carbocycles. The SMILES string of the molecule is CC(N)=NCCSCCCC(=O)O. The van der Waals surface area contributed by atoms with Gasteiger partial charge in [0, 0.05) is 18.7 Å². The zero-order valence-electron chi connectivity index (χ0n) is 7.82. The average Bonchev–Trinajstić information content (AvgIpc) is 2.01. The van der Waals surface area contributed by atoms with Crippen LogP contribution in [0.15, 0.2) is 4.99 Å². The van der Waals surface area contributed by atoms with Crippen LogP contribution in [-0.4, -0.2) is 35.0 Å². The summed E-state index contributed by atoms with van der Waals surface area (Å²) >= 11 is 1.71. The van der Waals surface area contributed by atoms with Crippen molar-refractivity contribution < 1.29 is 9.90 Å². The summed E-state index contributed by atoms with van der Waals surface area (Å²) < 4.78 is 0. The normalized spacial score (nSPS) is 11.6. The van der Waals surface area contributed by atoms with Gasteiger partial charge in [-0.15, -0.1) is 0 Å². The Morgan fingerprint density at radius 1 is 1.54 bits per heavy atom. The second-order valence-corrected chi connectivity index (χ2v) is 3.86. The van der Waals surface area contributed by atoms with E-state index in [-0.39, 0.29) is 6.42 Å². The van der Waals surface area contributed by atoms with Gasteiger partial charge < -0.3 is 10.8 Å². The summed E-state index contributed by atoms with van der Waals surface area (Å²) in [6.07, 6.45) is 0.984. The first kappa shape index (κ1) is 12.3. The molecule has 0 unspecified atom stereocenters. The Balaban J connectivity index is 3.09. The molecule has 0 atom stereocenters. The topological polar surface area (TPSA) is 75.7 Å². The van der Waals surface area contributed by atoms with E-state index < -0.39 is 5.97 Å². The number of nitrogens with zero attached hydrogens (tertiary/aromatic N) is 1. The van der Waals surface area contributed by atoms with E-state index in [1.54, 1.807) is 18.7 Å². The minimum absolute atomic E-state index is 0.256. The minimum atomic E-state index is -0.726. The molecule has 0 rings (SSSR count). The lowest BCUT2D eigenvalue weighted by Crippen LogP contribution is -2.06. The molecular weight excluding hydrogens is 188 g/mol. The van der Waals surface area contributed by atoms with Crippen molar-refractivity contribution >= 4 is 23.6 Å². The number of thioether (sulfide) groups is 1. The number of aliphatic carboxylic acids is 1.